The van der Waals surface area contributed by atoms with E-state index in [0.717, 1.165) is 24.8 Å². The summed E-state index contributed by atoms with van der Waals surface area (Å²) in [5.74, 6) is 1.45. The molecular weight excluding hydrogens is 408 g/mol. The molecule has 0 radical (unpaired) electrons. The number of carbonyl (C=O) groups excluding carboxylic acids is 3. The lowest BCUT2D eigenvalue weighted by atomic mass is 9.49. The van der Waals surface area contributed by atoms with Gasteiger partial charge >= 0.3 is 5.97 Å². The van der Waals surface area contributed by atoms with Gasteiger partial charge in [0.2, 0.25) is 5.91 Å². The van der Waals surface area contributed by atoms with E-state index in [4.69, 9.17) is 9.15 Å². The van der Waals surface area contributed by atoms with Gasteiger partial charge in [-0.25, -0.2) is 4.79 Å². The lowest BCUT2D eigenvalue weighted by Gasteiger charge is -2.55. The Morgan fingerprint density at radius 1 is 1.06 bits per heavy atom. The van der Waals surface area contributed by atoms with Crippen molar-refractivity contribution in [2.75, 3.05) is 12.4 Å². The molecule has 7 heteroatoms. The van der Waals surface area contributed by atoms with Gasteiger partial charge in [0.05, 0.1) is 18.9 Å². The van der Waals surface area contributed by atoms with Crippen molar-refractivity contribution in [3.05, 3.63) is 53.5 Å². The van der Waals surface area contributed by atoms with Crippen LogP contribution in [0.1, 0.15) is 65.0 Å². The molecule has 1 aromatic heterocycles. The Kier molecular flexibility index (Phi) is 5.27. The third-order valence-corrected chi connectivity index (χ3v) is 7.39. The standard InChI is InChI=1S/C25H28N2O5/c1-31-23(29)19-8-18(9-20(10-19)27-22(28)21-3-2-4-32-21)14-26-24(30)25-11-15-5-16(12-25)7-17(6-15)13-25/h2-4,8-10,15-17H,5-7,11-14H2,1H3,(H,26,30)(H,27,28). The maximum atomic E-state index is 13.3. The summed E-state index contributed by atoms with van der Waals surface area (Å²) >= 11 is 0. The zero-order valence-corrected chi connectivity index (χ0v) is 18.2. The SMILES string of the molecule is COC(=O)c1cc(CNC(=O)C23CC4CC(CC(C4)C2)C3)cc(NC(=O)c2ccco2)c1. The molecule has 0 spiro atoms. The van der Waals surface area contributed by atoms with Gasteiger partial charge in [0, 0.05) is 17.6 Å². The lowest BCUT2D eigenvalue weighted by Crippen LogP contribution is -2.53. The van der Waals surface area contributed by atoms with E-state index in [1.54, 1.807) is 30.3 Å². The van der Waals surface area contributed by atoms with Crippen molar-refractivity contribution in [1.82, 2.24) is 5.32 Å². The summed E-state index contributed by atoms with van der Waals surface area (Å²) in [6.45, 7) is 0.287. The second-order valence-corrected chi connectivity index (χ2v) is 9.72. The molecule has 168 valence electrons. The summed E-state index contributed by atoms with van der Waals surface area (Å²) in [5, 5.41) is 5.87. The van der Waals surface area contributed by atoms with Crippen LogP contribution in [0.2, 0.25) is 0 Å². The summed E-state index contributed by atoms with van der Waals surface area (Å²) in [4.78, 5) is 37.8. The minimum Gasteiger partial charge on any atom is -0.465 e. The molecule has 0 aliphatic heterocycles. The molecule has 7 nitrogen and oxygen atoms in total. The number of hydrogen-bond donors (Lipinski definition) is 2. The quantitative estimate of drug-likeness (QED) is 0.663. The van der Waals surface area contributed by atoms with Crippen LogP contribution in [0.25, 0.3) is 0 Å². The highest BCUT2D eigenvalue weighted by Crippen LogP contribution is 2.60. The van der Waals surface area contributed by atoms with E-state index in [2.05, 4.69) is 10.6 Å². The first-order chi connectivity index (χ1) is 15.4. The van der Waals surface area contributed by atoms with Crippen molar-refractivity contribution in [3.8, 4) is 0 Å². The van der Waals surface area contributed by atoms with E-state index >= 15 is 0 Å². The molecule has 4 aliphatic rings. The molecule has 2 aromatic rings. The van der Waals surface area contributed by atoms with Crippen LogP contribution in [0.4, 0.5) is 5.69 Å². The fraction of sp³-hybridized carbons (Fsp3) is 0.480. The number of carbonyl (C=O) groups is 3. The maximum Gasteiger partial charge on any atom is 0.337 e. The number of methoxy groups -OCH3 is 1. The highest BCUT2D eigenvalue weighted by molar-refractivity contribution is 6.03. The second kappa shape index (κ2) is 8.11. The third kappa shape index (κ3) is 3.92. The van der Waals surface area contributed by atoms with Gasteiger partial charge < -0.3 is 19.8 Å². The summed E-state index contributed by atoms with van der Waals surface area (Å²) in [7, 11) is 1.31. The molecule has 2 amide bonds. The maximum absolute atomic E-state index is 13.3. The number of anilines is 1. The van der Waals surface area contributed by atoms with Crippen LogP contribution < -0.4 is 10.6 Å². The molecule has 2 N–H and O–H groups in total. The van der Waals surface area contributed by atoms with E-state index in [1.165, 1.54) is 32.6 Å². The predicted molar refractivity (Wildman–Crippen MR) is 117 cm³/mol. The van der Waals surface area contributed by atoms with E-state index < -0.39 is 11.9 Å². The number of benzene rings is 1. The molecule has 1 heterocycles. The van der Waals surface area contributed by atoms with Crippen LogP contribution >= 0.6 is 0 Å². The number of esters is 1. The summed E-state index contributed by atoms with van der Waals surface area (Å²) in [6, 6.07) is 8.19. The van der Waals surface area contributed by atoms with Crippen LogP contribution in [0.5, 0.6) is 0 Å². The molecular formula is C25H28N2O5. The normalized spacial score (nSPS) is 27.7. The highest BCUT2D eigenvalue weighted by atomic mass is 16.5. The Morgan fingerprint density at radius 3 is 2.34 bits per heavy atom. The first-order valence-electron chi connectivity index (χ1n) is 11.3. The van der Waals surface area contributed by atoms with Crippen LogP contribution in [0.15, 0.2) is 41.0 Å². The monoisotopic (exact) mass is 436 g/mol. The number of amides is 2. The molecule has 1 aromatic carbocycles. The number of nitrogens with one attached hydrogen (secondary N) is 2. The first-order valence-corrected chi connectivity index (χ1v) is 11.3. The Bertz CT molecular complexity index is 1010. The van der Waals surface area contributed by atoms with Crippen LogP contribution in [-0.4, -0.2) is 24.9 Å². The van der Waals surface area contributed by atoms with Crippen molar-refractivity contribution in [1.29, 1.82) is 0 Å². The van der Waals surface area contributed by atoms with Crippen molar-refractivity contribution in [2.45, 2.75) is 45.1 Å². The molecule has 0 unspecified atom stereocenters. The Hall–Kier alpha value is -3.09. The van der Waals surface area contributed by atoms with E-state index in [9.17, 15) is 14.4 Å². The minimum atomic E-state index is -0.507. The number of ether oxygens (including phenoxy) is 1. The van der Waals surface area contributed by atoms with Crippen LogP contribution in [-0.2, 0) is 16.1 Å². The Morgan fingerprint density at radius 2 is 1.75 bits per heavy atom. The summed E-state index contributed by atoms with van der Waals surface area (Å²) in [5.41, 5.74) is 1.24. The largest absolute Gasteiger partial charge is 0.465 e. The Labute approximate surface area is 186 Å². The first kappa shape index (κ1) is 20.8. The van der Waals surface area contributed by atoms with Gasteiger partial charge in [0.1, 0.15) is 0 Å². The topological polar surface area (TPSA) is 97.6 Å². The van der Waals surface area contributed by atoms with Gasteiger partial charge in [0.15, 0.2) is 5.76 Å². The van der Waals surface area contributed by atoms with Crippen LogP contribution in [0.3, 0.4) is 0 Å². The highest BCUT2D eigenvalue weighted by Gasteiger charge is 2.54. The molecule has 32 heavy (non-hydrogen) atoms. The fourth-order valence-corrected chi connectivity index (χ4v) is 6.46. The average molecular weight is 437 g/mol. The van der Waals surface area contributed by atoms with Crippen LogP contribution in [0, 0.1) is 23.2 Å². The number of hydrogen-bond acceptors (Lipinski definition) is 5. The molecule has 4 bridgehead atoms. The molecule has 4 fully saturated rings. The molecule has 0 saturated heterocycles. The zero-order chi connectivity index (χ0) is 22.3. The average Bonchev–Trinajstić information content (AvgIpc) is 3.31. The van der Waals surface area contributed by atoms with Gasteiger partial charge in [-0.2, -0.15) is 0 Å². The van der Waals surface area contributed by atoms with Crippen molar-refractivity contribution in [2.24, 2.45) is 23.2 Å². The lowest BCUT2D eigenvalue weighted by molar-refractivity contribution is -0.146. The number of furan rings is 1. The number of rotatable bonds is 6. The minimum absolute atomic E-state index is 0.126. The van der Waals surface area contributed by atoms with Crippen molar-refractivity contribution < 1.29 is 23.5 Å². The summed E-state index contributed by atoms with van der Waals surface area (Å²) in [6.07, 6.45) is 8.27. The van der Waals surface area contributed by atoms with Gasteiger partial charge in [-0.3, -0.25) is 9.59 Å². The van der Waals surface area contributed by atoms with Gasteiger partial charge in [-0.05, 0) is 92.2 Å². The van der Waals surface area contributed by atoms with E-state index in [-0.39, 0.29) is 23.6 Å². The molecule has 4 saturated carbocycles. The molecule has 6 rings (SSSR count). The molecule has 0 atom stereocenters. The van der Waals surface area contributed by atoms with Crippen molar-refractivity contribution >= 4 is 23.5 Å². The van der Waals surface area contributed by atoms with Gasteiger partial charge in [-0.1, -0.05) is 0 Å². The zero-order valence-electron chi connectivity index (χ0n) is 18.2. The van der Waals surface area contributed by atoms with Crippen molar-refractivity contribution in [3.63, 3.8) is 0 Å². The Balaban J connectivity index is 1.32. The molecule has 4 aliphatic carbocycles. The van der Waals surface area contributed by atoms with E-state index in [0.29, 0.717) is 29.0 Å². The van der Waals surface area contributed by atoms with Gasteiger partial charge in [-0.15, -0.1) is 0 Å². The predicted octanol–water partition coefficient (Wildman–Crippen LogP) is 4.15. The second-order valence-electron chi connectivity index (χ2n) is 9.72. The third-order valence-electron chi connectivity index (χ3n) is 7.39. The fourth-order valence-electron chi connectivity index (χ4n) is 6.46. The van der Waals surface area contributed by atoms with Gasteiger partial charge in [0.25, 0.3) is 5.91 Å². The summed E-state index contributed by atoms with van der Waals surface area (Å²) < 4.78 is 9.99. The smallest absolute Gasteiger partial charge is 0.337 e. The van der Waals surface area contributed by atoms with E-state index in [1.807, 2.05) is 0 Å².